The second kappa shape index (κ2) is 10.3. The van der Waals surface area contributed by atoms with E-state index >= 15 is 0 Å². The highest BCUT2D eigenvalue weighted by Gasteiger charge is 2.09. The van der Waals surface area contributed by atoms with E-state index in [9.17, 15) is 4.79 Å². The molecule has 0 N–H and O–H groups in total. The van der Waals surface area contributed by atoms with Gasteiger partial charge in [-0.15, -0.1) is 0 Å². The number of ether oxygens (including phenoxy) is 2. The molecule has 18 heavy (non-hydrogen) atoms. The Morgan fingerprint density at radius 1 is 1.00 bits per heavy atom. The van der Waals surface area contributed by atoms with E-state index in [2.05, 4.69) is 13.8 Å². The van der Waals surface area contributed by atoms with E-state index in [4.69, 9.17) is 9.47 Å². The third-order valence-electron chi connectivity index (χ3n) is 3.12. The summed E-state index contributed by atoms with van der Waals surface area (Å²) in [6, 6.07) is 0. The zero-order valence-electron chi connectivity index (χ0n) is 12.6. The summed E-state index contributed by atoms with van der Waals surface area (Å²) in [6.07, 6.45) is 2.51. The summed E-state index contributed by atoms with van der Waals surface area (Å²) in [5.74, 6) is 0.0792. The molecular weight excluding hydrogens is 230 g/mol. The quantitative estimate of drug-likeness (QED) is 0.605. The molecule has 0 radical (unpaired) electrons. The van der Waals surface area contributed by atoms with E-state index < -0.39 is 0 Å². The first-order chi connectivity index (χ1) is 8.51. The molecule has 1 amide bonds. The molecule has 0 heterocycles. The highest BCUT2D eigenvalue weighted by molar-refractivity contribution is 5.73. The SMILES string of the molecule is CCC(C)OCCN(CCOC(C)CC)C(C)=O. The molecule has 0 saturated carbocycles. The van der Waals surface area contributed by atoms with Crippen LogP contribution in [0.3, 0.4) is 0 Å². The van der Waals surface area contributed by atoms with Crippen molar-refractivity contribution in [2.24, 2.45) is 0 Å². The molecule has 4 nitrogen and oxygen atoms in total. The summed E-state index contributed by atoms with van der Waals surface area (Å²) in [5, 5.41) is 0. The maximum atomic E-state index is 11.4. The Balaban J connectivity index is 3.82. The molecule has 0 fully saturated rings. The number of amides is 1. The van der Waals surface area contributed by atoms with E-state index in [1.54, 1.807) is 11.8 Å². The molecule has 0 aromatic heterocycles. The van der Waals surface area contributed by atoms with Crippen molar-refractivity contribution in [3.8, 4) is 0 Å². The molecule has 0 aromatic carbocycles. The zero-order valence-corrected chi connectivity index (χ0v) is 12.6. The van der Waals surface area contributed by atoms with E-state index in [-0.39, 0.29) is 18.1 Å². The molecule has 0 bridgehead atoms. The summed E-state index contributed by atoms with van der Waals surface area (Å²) in [6.45, 7) is 12.3. The van der Waals surface area contributed by atoms with Gasteiger partial charge in [0.05, 0.1) is 25.4 Å². The normalized spacial score (nSPS) is 14.3. The van der Waals surface area contributed by atoms with Crippen LogP contribution in [-0.4, -0.2) is 49.3 Å². The van der Waals surface area contributed by atoms with Gasteiger partial charge in [-0.3, -0.25) is 4.79 Å². The van der Waals surface area contributed by atoms with Gasteiger partial charge >= 0.3 is 0 Å². The Bertz CT molecular complexity index is 205. The minimum absolute atomic E-state index is 0.0792. The minimum Gasteiger partial charge on any atom is -0.377 e. The van der Waals surface area contributed by atoms with Gasteiger partial charge in [-0.05, 0) is 26.7 Å². The zero-order chi connectivity index (χ0) is 14.0. The second-order valence-electron chi connectivity index (χ2n) is 4.69. The predicted molar refractivity (Wildman–Crippen MR) is 73.7 cm³/mol. The standard InChI is InChI=1S/C14H29NO3/c1-6-12(3)17-10-8-15(14(5)16)9-11-18-13(4)7-2/h12-13H,6-11H2,1-5H3. The summed E-state index contributed by atoms with van der Waals surface area (Å²) in [7, 11) is 0. The van der Waals surface area contributed by atoms with Crippen molar-refractivity contribution >= 4 is 5.91 Å². The maximum Gasteiger partial charge on any atom is 0.219 e. The third kappa shape index (κ3) is 8.48. The van der Waals surface area contributed by atoms with Gasteiger partial charge in [0, 0.05) is 20.0 Å². The number of hydrogen-bond acceptors (Lipinski definition) is 3. The molecule has 0 aliphatic heterocycles. The lowest BCUT2D eigenvalue weighted by molar-refractivity contribution is -0.131. The van der Waals surface area contributed by atoms with Crippen LogP contribution in [0.15, 0.2) is 0 Å². The van der Waals surface area contributed by atoms with Gasteiger partial charge < -0.3 is 14.4 Å². The first-order valence-electron chi connectivity index (χ1n) is 6.99. The number of hydrogen-bond donors (Lipinski definition) is 0. The van der Waals surface area contributed by atoms with Crippen molar-refractivity contribution in [3.63, 3.8) is 0 Å². The predicted octanol–water partition coefficient (Wildman–Crippen LogP) is 2.47. The van der Waals surface area contributed by atoms with Crippen LogP contribution in [0.2, 0.25) is 0 Å². The first-order valence-corrected chi connectivity index (χ1v) is 6.99. The number of nitrogens with zero attached hydrogens (tertiary/aromatic N) is 1. The van der Waals surface area contributed by atoms with Crippen LogP contribution in [0.1, 0.15) is 47.5 Å². The Hall–Kier alpha value is -0.610. The topological polar surface area (TPSA) is 38.8 Å². The van der Waals surface area contributed by atoms with Gasteiger partial charge in [0.15, 0.2) is 0 Å². The lowest BCUT2D eigenvalue weighted by atomic mass is 10.3. The Morgan fingerprint density at radius 2 is 1.39 bits per heavy atom. The molecular formula is C14H29NO3. The average Bonchev–Trinajstić information content (AvgIpc) is 2.35. The summed E-state index contributed by atoms with van der Waals surface area (Å²) in [5.41, 5.74) is 0. The molecule has 4 heteroatoms. The second-order valence-corrected chi connectivity index (χ2v) is 4.69. The van der Waals surface area contributed by atoms with Crippen LogP contribution < -0.4 is 0 Å². The molecule has 0 aromatic rings. The van der Waals surface area contributed by atoms with E-state index in [1.807, 2.05) is 13.8 Å². The van der Waals surface area contributed by atoms with Crippen molar-refractivity contribution in [3.05, 3.63) is 0 Å². The van der Waals surface area contributed by atoms with Gasteiger partial charge in [0.1, 0.15) is 0 Å². The van der Waals surface area contributed by atoms with Crippen LogP contribution >= 0.6 is 0 Å². The fourth-order valence-corrected chi connectivity index (χ4v) is 1.39. The van der Waals surface area contributed by atoms with E-state index in [0.717, 1.165) is 12.8 Å². The van der Waals surface area contributed by atoms with E-state index in [1.165, 1.54) is 0 Å². The summed E-state index contributed by atoms with van der Waals surface area (Å²) < 4.78 is 11.2. The largest absolute Gasteiger partial charge is 0.377 e. The molecule has 2 unspecified atom stereocenters. The Kier molecular flexibility index (Phi) is 9.98. The highest BCUT2D eigenvalue weighted by Crippen LogP contribution is 1.99. The van der Waals surface area contributed by atoms with Crippen LogP contribution in [0, 0.1) is 0 Å². The molecule has 2 atom stereocenters. The van der Waals surface area contributed by atoms with Crippen molar-refractivity contribution in [2.45, 2.75) is 59.7 Å². The lowest BCUT2D eigenvalue weighted by Gasteiger charge is -2.23. The molecule has 0 spiro atoms. The number of rotatable bonds is 10. The van der Waals surface area contributed by atoms with Crippen molar-refractivity contribution in [1.29, 1.82) is 0 Å². The molecule has 0 aliphatic carbocycles. The summed E-state index contributed by atoms with van der Waals surface area (Å²) in [4.78, 5) is 13.2. The maximum absolute atomic E-state index is 11.4. The number of carbonyl (C=O) groups is 1. The lowest BCUT2D eigenvalue weighted by Crippen LogP contribution is -2.36. The summed E-state index contributed by atoms with van der Waals surface area (Å²) >= 11 is 0. The van der Waals surface area contributed by atoms with E-state index in [0.29, 0.717) is 26.3 Å². The average molecular weight is 259 g/mol. The fourth-order valence-electron chi connectivity index (χ4n) is 1.39. The van der Waals surface area contributed by atoms with Gasteiger partial charge in [-0.25, -0.2) is 0 Å². The van der Waals surface area contributed by atoms with Crippen LogP contribution in [0.5, 0.6) is 0 Å². The van der Waals surface area contributed by atoms with Crippen molar-refractivity contribution in [2.75, 3.05) is 26.3 Å². The Labute approximate surface area is 112 Å². The Morgan fingerprint density at radius 3 is 1.67 bits per heavy atom. The fraction of sp³-hybridized carbons (Fsp3) is 0.929. The smallest absolute Gasteiger partial charge is 0.219 e. The molecule has 0 aliphatic rings. The monoisotopic (exact) mass is 259 g/mol. The third-order valence-corrected chi connectivity index (χ3v) is 3.12. The first kappa shape index (κ1) is 17.4. The highest BCUT2D eigenvalue weighted by atomic mass is 16.5. The van der Waals surface area contributed by atoms with Gasteiger partial charge in [0.25, 0.3) is 0 Å². The molecule has 0 rings (SSSR count). The minimum atomic E-state index is 0.0792. The van der Waals surface area contributed by atoms with Crippen molar-refractivity contribution < 1.29 is 14.3 Å². The van der Waals surface area contributed by atoms with Crippen LogP contribution in [0.25, 0.3) is 0 Å². The van der Waals surface area contributed by atoms with Gasteiger partial charge in [-0.2, -0.15) is 0 Å². The van der Waals surface area contributed by atoms with Crippen LogP contribution in [-0.2, 0) is 14.3 Å². The van der Waals surface area contributed by atoms with Gasteiger partial charge in [0.2, 0.25) is 5.91 Å². The van der Waals surface area contributed by atoms with Crippen molar-refractivity contribution in [1.82, 2.24) is 4.90 Å². The van der Waals surface area contributed by atoms with Gasteiger partial charge in [-0.1, -0.05) is 13.8 Å². The van der Waals surface area contributed by atoms with Crippen LogP contribution in [0.4, 0.5) is 0 Å². The molecule has 108 valence electrons. The molecule has 0 saturated heterocycles. The number of carbonyl (C=O) groups excluding carboxylic acids is 1.